The van der Waals surface area contributed by atoms with Gasteiger partial charge in [-0.15, -0.1) is 0 Å². The van der Waals surface area contributed by atoms with E-state index in [4.69, 9.17) is 11.6 Å². The van der Waals surface area contributed by atoms with E-state index in [0.717, 1.165) is 16.7 Å². The molecule has 0 aliphatic carbocycles. The number of piperidine rings is 1. The van der Waals surface area contributed by atoms with Crippen molar-refractivity contribution in [2.75, 3.05) is 13.1 Å². The molecule has 1 fully saturated rings. The zero-order valence-corrected chi connectivity index (χ0v) is 18.8. The minimum Gasteiger partial charge on any atom is -0.296 e. The van der Waals surface area contributed by atoms with E-state index in [0.29, 0.717) is 46.8 Å². The first-order chi connectivity index (χ1) is 14.2. The van der Waals surface area contributed by atoms with Gasteiger partial charge in [0.25, 0.3) is 5.56 Å². The maximum Gasteiger partial charge on any atom is 0.261 e. The third-order valence-corrected chi connectivity index (χ3v) is 8.25. The van der Waals surface area contributed by atoms with Crippen molar-refractivity contribution < 1.29 is 8.42 Å². The van der Waals surface area contributed by atoms with Crippen LogP contribution in [0, 0.1) is 20.8 Å². The number of hydrogen-bond donors (Lipinski definition) is 0. The fourth-order valence-corrected chi connectivity index (χ4v) is 6.01. The van der Waals surface area contributed by atoms with Gasteiger partial charge in [0, 0.05) is 24.2 Å². The Hall–Kier alpha value is -2.22. The van der Waals surface area contributed by atoms with Gasteiger partial charge in [0.05, 0.1) is 22.1 Å². The Morgan fingerprint density at radius 2 is 1.67 bits per heavy atom. The zero-order chi connectivity index (χ0) is 21.6. The number of sulfonamides is 1. The van der Waals surface area contributed by atoms with E-state index >= 15 is 0 Å². The van der Waals surface area contributed by atoms with Crippen molar-refractivity contribution in [2.45, 2.75) is 44.6 Å². The predicted octanol–water partition coefficient (Wildman–Crippen LogP) is 4.00. The monoisotopic (exact) mass is 445 g/mol. The number of aryl methyl sites for hydroxylation is 3. The van der Waals surface area contributed by atoms with Gasteiger partial charge in [-0.3, -0.25) is 9.36 Å². The van der Waals surface area contributed by atoms with Gasteiger partial charge in [0.15, 0.2) is 0 Å². The van der Waals surface area contributed by atoms with E-state index in [1.54, 1.807) is 35.2 Å². The molecule has 0 atom stereocenters. The van der Waals surface area contributed by atoms with Crippen LogP contribution in [0.5, 0.6) is 0 Å². The van der Waals surface area contributed by atoms with Crippen LogP contribution < -0.4 is 5.56 Å². The molecule has 1 aromatic heterocycles. The minimum absolute atomic E-state index is 0.0858. The molecule has 0 spiro atoms. The fraction of sp³-hybridized carbons (Fsp3) is 0.364. The van der Waals surface area contributed by atoms with Crippen molar-refractivity contribution >= 4 is 32.5 Å². The summed E-state index contributed by atoms with van der Waals surface area (Å²) in [6.45, 7) is 6.47. The Labute approximate surface area is 181 Å². The first-order valence-corrected chi connectivity index (χ1v) is 11.7. The summed E-state index contributed by atoms with van der Waals surface area (Å²) in [5.74, 6) is 0. The van der Waals surface area contributed by atoms with Crippen molar-refractivity contribution in [3.05, 3.63) is 68.7 Å². The summed E-state index contributed by atoms with van der Waals surface area (Å²) >= 11 is 5.99. The van der Waals surface area contributed by atoms with Crippen molar-refractivity contribution in [3.63, 3.8) is 0 Å². The van der Waals surface area contributed by atoms with E-state index in [2.05, 4.69) is 4.98 Å². The quantitative estimate of drug-likeness (QED) is 0.610. The van der Waals surface area contributed by atoms with E-state index < -0.39 is 10.0 Å². The third-order valence-electron chi connectivity index (χ3n) is 5.97. The highest BCUT2D eigenvalue weighted by Crippen LogP contribution is 2.29. The second-order valence-electron chi connectivity index (χ2n) is 7.96. The van der Waals surface area contributed by atoms with Crippen molar-refractivity contribution in [3.8, 4) is 0 Å². The third kappa shape index (κ3) is 3.66. The summed E-state index contributed by atoms with van der Waals surface area (Å²) in [4.78, 5) is 17.6. The zero-order valence-electron chi connectivity index (χ0n) is 17.2. The summed E-state index contributed by atoms with van der Waals surface area (Å²) in [6.07, 6.45) is 2.66. The lowest BCUT2D eigenvalue weighted by molar-refractivity contribution is 0.269. The second-order valence-corrected chi connectivity index (χ2v) is 10.3. The highest BCUT2D eigenvalue weighted by molar-refractivity contribution is 7.89. The van der Waals surface area contributed by atoms with Gasteiger partial charge in [0.1, 0.15) is 0 Å². The maximum absolute atomic E-state index is 13.2. The molecule has 0 saturated carbocycles. The summed E-state index contributed by atoms with van der Waals surface area (Å²) in [7, 11) is -3.57. The molecule has 6 nitrogen and oxygen atoms in total. The molecule has 2 aromatic carbocycles. The molecule has 0 radical (unpaired) electrons. The average molecular weight is 446 g/mol. The van der Waals surface area contributed by atoms with Gasteiger partial charge < -0.3 is 0 Å². The van der Waals surface area contributed by atoms with Crippen molar-refractivity contribution in [2.24, 2.45) is 0 Å². The van der Waals surface area contributed by atoms with Crippen LogP contribution in [0.2, 0.25) is 5.02 Å². The largest absolute Gasteiger partial charge is 0.296 e. The molecule has 4 rings (SSSR count). The Kier molecular flexibility index (Phi) is 5.46. The van der Waals surface area contributed by atoms with Crippen LogP contribution in [-0.4, -0.2) is 35.4 Å². The SMILES string of the molecule is Cc1cc(C)c(S(=O)(=O)N2CCC(n3cnc4cc(Cl)ccc4c3=O)CC2)cc1C. The van der Waals surface area contributed by atoms with Gasteiger partial charge in [-0.05, 0) is 74.6 Å². The minimum atomic E-state index is -3.57. The molecule has 0 bridgehead atoms. The summed E-state index contributed by atoms with van der Waals surface area (Å²) < 4.78 is 29.6. The Morgan fingerprint density at radius 3 is 2.37 bits per heavy atom. The maximum atomic E-state index is 13.2. The highest BCUT2D eigenvalue weighted by Gasteiger charge is 2.31. The number of halogens is 1. The molecule has 8 heteroatoms. The van der Waals surface area contributed by atoms with E-state index in [-0.39, 0.29) is 11.6 Å². The molecule has 158 valence electrons. The molecule has 0 unspecified atom stereocenters. The van der Waals surface area contributed by atoms with E-state index in [9.17, 15) is 13.2 Å². The molecule has 0 N–H and O–H groups in total. The second kappa shape index (κ2) is 7.80. The molecule has 1 saturated heterocycles. The number of aromatic nitrogens is 2. The first kappa shape index (κ1) is 21.0. The molecule has 1 aliphatic heterocycles. The average Bonchev–Trinajstić information content (AvgIpc) is 2.71. The first-order valence-electron chi connectivity index (χ1n) is 9.93. The lowest BCUT2D eigenvalue weighted by Gasteiger charge is -2.32. The van der Waals surface area contributed by atoms with Crippen LogP contribution in [0.15, 0.2) is 46.3 Å². The van der Waals surface area contributed by atoms with Crippen LogP contribution >= 0.6 is 11.6 Å². The van der Waals surface area contributed by atoms with Crippen molar-refractivity contribution in [1.82, 2.24) is 13.9 Å². The Balaban J connectivity index is 1.58. The summed E-state index contributed by atoms with van der Waals surface area (Å²) in [5, 5.41) is 1.05. The van der Waals surface area contributed by atoms with Crippen LogP contribution in [-0.2, 0) is 10.0 Å². The van der Waals surface area contributed by atoms with Gasteiger partial charge in [-0.1, -0.05) is 17.7 Å². The highest BCUT2D eigenvalue weighted by atomic mass is 35.5. The molecule has 30 heavy (non-hydrogen) atoms. The molecule has 1 aliphatic rings. The smallest absolute Gasteiger partial charge is 0.261 e. The number of fused-ring (bicyclic) bond motifs is 1. The van der Waals surface area contributed by atoms with Crippen molar-refractivity contribution in [1.29, 1.82) is 0 Å². The lowest BCUT2D eigenvalue weighted by atomic mass is 10.1. The Morgan fingerprint density at radius 1 is 1.00 bits per heavy atom. The van der Waals surface area contributed by atoms with E-state index in [1.165, 1.54) is 4.31 Å². The predicted molar refractivity (Wildman–Crippen MR) is 119 cm³/mol. The van der Waals surface area contributed by atoms with Crippen LogP contribution in [0.1, 0.15) is 35.6 Å². The normalized spacial score (nSPS) is 16.3. The summed E-state index contributed by atoms with van der Waals surface area (Å²) in [6, 6.07) is 8.63. The standard InChI is InChI=1S/C22H24ClN3O3S/c1-14-10-16(3)21(11-15(14)2)30(28,29)25-8-6-18(7-9-25)26-13-24-20-12-17(23)4-5-19(20)22(26)27/h4-5,10-13,18H,6-9H2,1-3H3. The van der Waals surface area contributed by atoms with Crippen LogP contribution in [0.4, 0.5) is 0 Å². The Bertz CT molecular complexity index is 1290. The molecule has 3 aromatic rings. The number of nitrogens with zero attached hydrogens (tertiary/aromatic N) is 3. The summed E-state index contributed by atoms with van der Waals surface area (Å²) in [5.41, 5.74) is 3.24. The number of benzene rings is 2. The van der Waals surface area contributed by atoms with Crippen LogP contribution in [0.3, 0.4) is 0 Å². The lowest BCUT2D eigenvalue weighted by Crippen LogP contribution is -2.41. The molecule has 0 amide bonds. The van der Waals surface area contributed by atoms with Crippen LogP contribution in [0.25, 0.3) is 10.9 Å². The van der Waals surface area contributed by atoms with Gasteiger partial charge in [-0.25, -0.2) is 13.4 Å². The molecular formula is C22H24ClN3O3S. The fourth-order valence-electron chi connectivity index (χ4n) is 4.08. The van der Waals surface area contributed by atoms with E-state index in [1.807, 2.05) is 26.8 Å². The number of rotatable bonds is 3. The van der Waals surface area contributed by atoms with Gasteiger partial charge >= 0.3 is 0 Å². The molecule has 2 heterocycles. The van der Waals surface area contributed by atoms with Gasteiger partial charge in [-0.2, -0.15) is 4.31 Å². The topological polar surface area (TPSA) is 72.3 Å². The number of hydrogen-bond acceptors (Lipinski definition) is 4. The van der Waals surface area contributed by atoms with Gasteiger partial charge in [0.2, 0.25) is 10.0 Å². The molecular weight excluding hydrogens is 422 g/mol.